The first-order valence-electron chi connectivity index (χ1n) is 7.08. The smallest absolute Gasteiger partial charge is 0.240 e. The van der Waals surface area contributed by atoms with E-state index in [1.54, 1.807) is 6.07 Å². The van der Waals surface area contributed by atoms with Crippen LogP contribution in [0.4, 0.5) is 0 Å². The highest BCUT2D eigenvalue weighted by atomic mass is 16.2. The van der Waals surface area contributed by atoms with Gasteiger partial charge in [-0.15, -0.1) is 0 Å². The van der Waals surface area contributed by atoms with Gasteiger partial charge >= 0.3 is 0 Å². The number of hydrogen-bond acceptors (Lipinski definition) is 3. The molecule has 0 aromatic heterocycles. The number of carbonyl (C=O) groups excluding carboxylic acids is 1. The molecule has 0 aliphatic heterocycles. The Hall–Kier alpha value is -1.86. The minimum atomic E-state index is -0.468. The second-order valence-electron chi connectivity index (χ2n) is 5.74. The van der Waals surface area contributed by atoms with E-state index in [1.807, 2.05) is 36.9 Å². The molecule has 4 heteroatoms. The molecule has 2 N–H and O–H groups in total. The third kappa shape index (κ3) is 3.17. The topological polar surface area (TPSA) is 70.1 Å². The molecule has 0 saturated heterocycles. The van der Waals surface area contributed by atoms with Gasteiger partial charge in [-0.1, -0.05) is 32.0 Å². The fourth-order valence-corrected chi connectivity index (χ4v) is 2.20. The van der Waals surface area contributed by atoms with Crippen LogP contribution in [0.1, 0.15) is 37.8 Å². The number of rotatable bonds is 5. The zero-order chi connectivity index (χ0) is 14.7. The second kappa shape index (κ2) is 6.06. The first-order chi connectivity index (χ1) is 9.54. The molecule has 1 aromatic carbocycles. The summed E-state index contributed by atoms with van der Waals surface area (Å²) in [5.41, 5.74) is 7.52. The average molecular weight is 271 g/mol. The van der Waals surface area contributed by atoms with Crippen LogP contribution in [-0.2, 0) is 11.3 Å². The highest BCUT2D eigenvalue weighted by Gasteiger charge is 2.35. The van der Waals surface area contributed by atoms with Crippen molar-refractivity contribution in [3.63, 3.8) is 0 Å². The van der Waals surface area contributed by atoms with E-state index in [4.69, 9.17) is 11.0 Å². The second-order valence-corrected chi connectivity index (χ2v) is 5.74. The number of nitriles is 1. The predicted molar refractivity (Wildman–Crippen MR) is 77.5 cm³/mol. The molecular weight excluding hydrogens is 250 g/mol. The van der Waals surface area contributed by atoms with Crippen LogP contribution in [0.2, 0.25) is 0 Å². The number of hydrogen-bond donors (Lipinski definition) is 1. The maximum Gasteiger partial charge on any atom is 0.240 e. The highest BCUT2D eigenvalue weighted by molar-refractivity contribution is 5.82. The molecule has 1 aromatic rings. The predicted octanol–water partition coefficient (Wildman–Crippen LogP) is 2.03. The van der Waals surface area contributed by atoms with Gasteiger partial charge < -0.3 is 10.6 Å². The summed E-state index contributed by atoms with van der Waals surface area (Å²) in [6.07, 6.45) is 2.07. The largest absolute Gasteiger partial charge is 0.334 e. The van der Waals surface area contributed by atoms with E-state index in [0.29, 0.717) is 18.2 Å². The SMILES string of the molecule is CC(C)C(N)C(=O)N(Cc1ccccc1C#N)C1CC1. The highest BCUT2D eigenvalue weighted by Crippen LogP contribution is 2.29. The molecule has 1 fully saturated rings. The maximum absolute atomic E-state index is 12.5. The molecule has 0 radical (unpaired) electrons. The lowest BCUT2D eigenvalue weighted by Gasteiger charge is -2.27. The van der Waals surface area contributed by atoms with Gasteiger partial charge in [0.25, 0.3) is 0 Å². The summed E-state index contributed by atoms with van der Waals surface area (Å²) < 4.78 is 0. The summed E-state index contributed by atoms with van der Waals surface area (Å²) in [6, 6.07) is 9.43. The zero-order valence-corrected chi connectivity index (χ0v) is 12.0. The Kier molecular flexibility index (Phi) is 4.41. The van der Waals surface area contributed by atoms with Gasteiger partial charge in [0.15, 0.2) is 0 Å². The van der Waals surface area contributed by atoms with Crippen molar-refractivity contribution in [3.8, 4) is 6.07 Å². The van der Waals surface area contributed by atoms with Crippen LogP contribution in [-0.4, -0.2) is 22.9 Å². The number of amides is 1. The molecule has 1 saturated carbocycles. The molecule has 1 atom stereocenters. The Morgan fingerprint density at radius 3 is 2.65 bits per heavy atom. The van der Waals surface area contributed by atoms with Gasteiger partial charge in [-0.05, 0) is 30.4 Å². The van der Waals surface area contributed by atoms with Gasteiger partial charge in [-0.2, -0.15) is 5.26 Å². The summed E-state index contributed by atoms with van der Waals surface area (Å²) in [6.45, 7) is 4.39. The van der Waals surface area contributed by atoms with Crippen molar-refractivity contribution in [2.75, 3.05) is 0 Å². The van der Waals surface area contributed by atoms with E-state index in [2.05, 4.69) is 6.07 Å². The molecule has 0 spiro atoms. The van der Waals surface area contributed by atoms with Gasteiger partial charge in [0.2, 0.25) is 5.91 Å². The number of nitrogens with two attached hydrogens (primary N) is 1. The van der Waals surface area contributed by atoms with Crippen molar-refractivity contribution in [3.05, 3.63) is 35.4 Å². The Morgan fingerprint density at radius 1 is 1.45 bits per heavy atom. The molecule has 0 bridgehead atoms. The van der Waals surface area contributed by atoms with Crippen LogP contribution in [0.15, 0.2) is 24.3 Å². The molecule has 1 aliphatic rings. The normalized spacial score (nSPS) is 15.8. The quantitative estimate of drug-likeness (QED) is 0.890. The van der Waals surface area contributed by atoms with Gasteiger partial charge in [0.05, 0.1) is 17.7 Å². The molecule has 1 unspecified atom stereocenters. The van der Waals surface area contributed by atoms with Crippen molar-refractivity contribution in [1.29, 1.82) is 5.26 Å². The van der Waals surface area contributed by atoms with Crippen LogP contribution in [0.3, 0.4) is 0 Å². The van der Waals surface area contributed by atoms with Crippen LogP contribution in [0.25, 0.3) is 0 Å². The third-order valence-corrected chi connectivity index (χ3v) is 3.75. The molecule has 20 heavy (non-hydrogen) atoms. The minimum absolute atomic E-state index is 0.00440. The van der Waals surface area contributed by atoms with Gasteiger partial charge in [-0.25, -0.2) is 0 Å². The van der Waals surface area contributed by atoms with Crippen LogP contribution < -0.4 is 5.73 Å². The summed E-state index contributed by atoms with van der Waals surface area (Å²) in [5.74, 6) is 0.116. The van der Waals surface area contributed by atoms with E-state index in [0.717, 1.165) is 18.4 Å². The van der Waals surface area contributed by atoms with E-state index in [9.17, 15) is 4.79 Å². The standard InChI is InChI=1S/C16H21N3O/c1-11(2)15(18)16(20)19(14-7-8-14)10-13-6-4-3-5-12(13)9-17/h3-6,11,14-15H,7-8,10,18H2,1-2H3. The molecule has 2 rings (SSSR count). The van der Waals surface area contributed by atoms with Gasteiger partial charge in [-0.3, -0.25) is 4.79 Å². The lowest BCUT2D eigenvalue weighted by atomic mass is 10.0. The van der Waals surface area contributed by atoms with E-state index < -0.39 is 6.04 Å². The fraction of sp³-hybridized carbons (Fsp3) is 0.500. The lowest BCUT2D eigenvalue weighted by molar-refractivity contribution is -0.134. The molecule has 1 aliphatic carbocycles. The third-order valence-electron chi connectivity index (χ3n) is 3.75. The Balaban J connectivity index is 2.18. The van der Waals surface area contributed by atoms with Crippen molar-refractivity contribution in [2.45, 2.75) is 45.3 Å². The first kappa shape index (κ1) is 14.5. The Labute approximate surface area is 120 Å². The van der Waals surface area contributed by atoms with Crippen molar-refractivity contribution in [2.24, 2.45) is 11.7 Å². The fourth-order valence-electron chi connectivity index (χ4n) is 2.20. The van der Waals surface area contributed by atoms with Crippen LogP contribution in [0.5, 0.6) is 0 Å². The maximum atomic E-state index is 12.5. The molecule has 106 valence electrons. The number of nitrogens with zero attached hydrogens (tertiary/aromatic N) is 2. The van der Waals surface area contributed by atoms with Crippen molar-refractivity contribution >= 4 is 5.91 Å². The average Bonchev–Trinajstić information content (AvgIpc) is 3.28. The van der Waals surface area contributed by atoms with Crippen molar-refractivity contribution < 1.29 is 4.79 Å². The monoisotopic (exact) mass is 271 g/mol. The molecule has 4 nitrogen and oxygen atoms in total. The summed E-state index contributed by atoms with van der Waals surface area (Å²) in [7, 11) is 0. The Morgan fingerprint density at radius 2 is 2.10 bits per heavy atom. The van der Waals surface area contributed by atoms with Crippen molar-refractivity contribution in [1.82, 2.24) is 4.90 Å². The first-order valence-corrected chi connectivity index (χ1v) is 7.08. The Bertz CT molecular complexity index is 529. The van der Waals surface area contributed by atoms with Gasteiger partial charge in [0.1, 0.15) is 0 Å². The van der Waals surface area contributed by atoms with Crippen LogP contribution >= 0.6 is 0 Å². The zero-order valence-electron chi connectivity index (χ0n) is 12.0. The van der Waals surface area contributed by atoms with E-state index >= 15 is 0 Å². The summed E-state index contributed by atoms with van der Waals surface area (Å²) >= 11 is 0. The lowest BCUT2D eigenvalue weighted by Crippen LogP contribution is -2.47. The molecular formula is C16H21N3O. The number of benzene rings is 1. The van der Waals surface area contributed by atoms with Gasteiger partial charge in [0, 0.05) is 12.6 Å². The van der Waals surface area contributed by atoms with Crippen LogP contribution in [0, 0.1) is 17.2 Å². The molecule has 0 heterocycles. The summed E-state index contributed by atoms with van der Waals surface area (Å²) in [4.78, 5) is 14.3. The van der Waals surface area contributed by atoms with E-state index in [1.165, 1.54) is 0 Å². The molecule has 1 amide bonds. The van der Waals surface area contributed by atoms with E-state index in [-0.39, 0.29) is 11.8 Å². The minimum Gasteiger partial charge on any atom is -0.334 e. The number of carbonyl (C=O) groups is 1. The summed E-state index contributed by atoms with van der Waals surface area (Å²) in [5, 5.41) is 9.14.